The molecule has 2 aliphatic rings. The van der Waals surface area contributed by atoms with Crippen molar-refractivity contribution in [3.63, 3.8) is 0 Å². The van der Waals surface area contributed by atoms with Gasteiger partial charge in [0.15, 0.2) is 5.96 Å². The summed E-state index contributed by atoms with van der Waals surface area (Å²) in [5, 5.41) is 6.83. The van der Waals surface area contributed by atoms with E-state index in [1.165, 1.54) is 13.2 Å². The first-order valence-electron chi connectivity index (χ1n) is 11.7. The molecule has 186 valence electrons. The minimum absolute atomic E-state index is 0. The molecule has 33 heavy (non-hydrogen) atoms. The Labute approximate surface area is 213 Å². The van der Waals surface area contributed by atoms with Gasteiger partial charge in [-0.3, -0.25) is 9.89 Å². The van der Waals surface area contributed by atoms with Crippen LogP contribution in [-0.4, -0.2) is 93.9 Å². The average molecular weight is 576 g/mol. The van der Waals surface area contributed by atoms with Gasteiger partial charge in [-0.2, -0.15) is 0 Å². The van der Waals surface area contributed by atoms with Gasteiger partial charge >= 0.3 is 6.09 Å². The van der Waals surface area contributed by atoms with Crippen molar-refractivity contribution in [2.24, 2.45) is 4.99 Å². The molecule has 1 amide bonds. The maximum Gasteiger partial charge on any atom is 0.409 e. The van der Waals surface area contributed by atoms with E-state index in [0.717, 1.165) is 71.0 Å². The van der Waals surface area contributed by atoms with E-state index in [1.54, 1.807) is 11.0 Å². The number of rotatable bonds is 7. The van der Waals surface area contributed by atoms with Gasteiger partial charge in [0.25, 0.3) is 0 Å². The number of likely N-dealkylation sites (tertiary alicyclic amines) is 1. The number of hydrogen-bond donors (Lipinski definition) is 2. The van der Waals surface area contributed by atoms with Crippen molar-refractivity contribution in [2.75, 3.05) is 70.9 Å². The molecule has 2 fully saturated rings. The number of piperidine rings is 1. The highest BCUT2D eigenvalue weighted by Gasteiger charge is 2.23. The highest BCUT2D eigenvalue weighted by atomic mass is 127. The van der Waals surface area contributed by atoms with E-state index >= 15 is 0 Å². The lowest BCUT2D eigenvalue weighted by Gasteiger charge is -2.36. The summed E-state index contributed by atoms with van der Waals surface area (Å²) in [6, 6.07) is 7.31. The van der Waals surface area contributed by atoms with Crippen molar-refractivity contribution in [3.8, 4) is 0 Å². The number of nitrogens with zero attached hydrogens (tertiary/aromatic N) is 4. The Bertz CT molecular complexity index is 752. The molecule has 2 N–H and O–H groups in total. The second kappa shape index (κ2) is 14.4. The van der Waals surface area contributed by atoms with Crippen molar-refractivity contribution < 1.29 is 13.9 Å². The van der Waals surface area contributed by atoms with Crippen LogP contribution in [0.5, 0.6) is 0 Å². The van der Waals surface area contributed by atoms with Crippen LogP contribution in [0.15, 0.2) is 29.3 Å². The summed E-state index contributed by atoms with van der Waals surface area (Å²) in [5.41, 5.74) is 0.704. The number of para-hydroxylation sites is 1. The van der Waals surface area contributed by atoms with E-state index in [4.69, 9.17) is 9.73 Å². The fourth-order valence-electron chi connectivity index (χ4n) is 4.25. The van der Waals surface area contributed by atoms with Gasteiger partial charge in [-0.15, -0.1) is 24.0 Å². The SMILES string of the molecule is CCNC(=NCCCN1CCN(c2ccccc2F)CC1)NC1CCN(C(=O)OC)CC1.I. The Morgan fingerprint density at radius 2 is 1.85 bits per heavy atom. The highest BCUT2D eigenvalue weighted by Crippen LogP contribution is 2.20. The Balaban J connectivity index is 0.00000385. The molecule has 0 atom stereocenters. The number of ether oxygens (including phenoxy) is 1. The number of nitrogens with one attached hydrogen (secondary N) is 2. The summed E-state index contributed by atoms with van der Waals surface area (Å²) in [5.74, 6) is 0.697. The second-order valence-electron chi connectivity index (χ2n) is 8.27. The third-order valence-electron chi connectivity index (χ3n) is 6.08. The molecule has 0 bridgehead atoms. The lowest BCUT2D eigenvalue weighted by Crippen LogP contribution is -2.49. The monoisotopic (exact) mass is 576 g/mol. The number of carbonyl (C=O) groups is 1. The first kappa shape index (κ1) is 27.4. The molecule has 3 rings (SSSR count). The van der Waals surface area contributed by atoms with Gasteiger partial charge in [0.05, 0.1) is 12.8 Å². The highest BCUT2D eigenvalue weighted by molar-refractivity contribution is 14.0. The van der Waals surface area contributed by atoms with E-state index in [1.807, 2.05) is 12.1 Å². The molecule has 0 unspecified atom stereocenters. The number of halogens is 2. The van der Waals surface area contributed by atoms with Crippen LogP contribution >= 0.6 is 24.0 Å². The summed E-state index contributed by atoms with van der Waals surface area (Å²) in [4.78, 5) is 22.7. The fourth-order valence-corrected chi connectivity index (χ4v) is 4.25. The summed E-state index contributed by atoms with van der Waals surface area (Å²) < 4.78 is 18.8. The van der Waals surface area contributed by atoms with E-state index in [9.17, 15) is 9.18 Å². The molecule has 2 aliphatic heterocycles. The molecule has 10 heteroatoms. The summed E-state index contributed by atoms with van der Waals surface area (Å²) in [6.45, 7) is 9.58. The summed E-state index contributed by atoms with van der Waals surface area (Å²) >= 11 is 0. The molecule has 0 saturated carbocycles. The molecule has 1 aromatic rings. The molecule has 0 aromatic heterocycles. The van der Waals surface area contributed by atoms with Gasteiger partial charge < -0.3 is 25.2 Å². The Morgan fingerprint density at radius 1 is 1.15 bits per heavy atom. The van der Waals surface area contributed by atoms with Crippen LogP contribution in [0.3, 0.4) is 0 Å². The second-order valence-corrected chi connectivity index (χ2v) is 8.27. The zero-order chi connectivity index (χ0) is 22.8. The van der Waals surface area contributed by atoms with Crippen molar-refractivity contribution in [2.45, 2.75) is 32.2 Å². The number of benzene rings is 1. The molecule has 0 radical (unpaired) electrons. The van der Waals surface area contributed by atoms with Crippen LogP contribution in [0.4, 0.5) is 14.9 Å². The van der Waals surface area contributed by atoms with E-state index < -0.39 is 0 Å². The Hall–Kier alpha value is -1.82. The largest absolute Gasteiger partial charge is 0.453 e. The Kier molecular flexibility index (Phi) is 12.0. The molecule has 8 nitrogen and oxygen atoms in total. The third-order valence-corrected chi connectivity index (χ3v) is 6.08. The van der Waals surface area contributed by atoms with Gasteiger partial charge in [0, 0.05) is 64.9 Å². The van der Waals surface area contributed by atoms with Gasteiger partial charge in [-0.25, -0.2) is 9.18 Å². The number of methoxy groups -OCH3 is 1. The quantitative estimate of drug-likeness (QED) is 0.225. The van der Waals surface area contributed by atoms with Crippen molar-refractivity contribution >= 4 is 41.7 Å². The topological polar surface area (TPSA) is 72.4 Å². The summed E-state index contributed by atoms with van der Waals surface area (Å²) in [7, 11) is 1.42. The normalized spacial score (nSPS) is 18.0. The van der Waals surface area contributed by atoms with Gasteiger partial charge in [0.2, 0.25) is 0 Å². The van der Waals surface area contributed by atoms with Crippen LogP contribution in [0.1, 0.15) is 26.2 Å². The van der Waals surface area contributed by atoms with Crippen LogP contribution in [0.2, 0.25) is 0 Å². The summed E-state index contributed by atoms with van der Waals surface area (Å²) in [6.07, 6.45) is 2.49. The number of piperazine rings is 1. The first-order chi connectivity index (χ1) is 15.6. The van der Waals surface area contributed by atoms with Gasteiger partial charge in [-0.05, 0) is 38.3 Å². The molecule has 1 aromatic carbocycles. The molecular weight excluding hydrogens is 538 g/mol. The number of hydrogen-bond acceptors (Lipinski definition) is 5. The van der Waals surface area contributed by atoms with Crippen LogP contribution < -0.4 is 15.5 Å². The molecule has 2 saturated heterocycles. The fraction of sp³-hybridized carbons (Fsp3) is 0.652. The lowest BCUT2D eigenvalue weighted by molar-refractivity contribution is 0.111. The molecule has 0 aliphatic carbocycles. The van der Waals surface area contributed by atoms with E-state index in [0.29, 0.717) is 24.8 Å². The zero-order valence-electron chi connectivity index (χ0n) is 19.8. The number of guanidine groups is 1. The maximum atomic E-state index is 14.0. The van der Waals surface area contributed by atoms with Crippen LogP contribution in [0, 0.1) is 5.82 Å². The van der Waals surface area contributed by atoms with Crippen LogP contribution in [-0.2, 0) is 4.74 Å². The number of aliphatic imine (C=N–C) groups is 1. The standard InChI is InChI=1S/C23H37FN6O2.HI/c1-3-25-22(27-19-9-13-30(14-10-19)23(31)32-2)26-11-6-12-28-15-17-29(18-16-28)21-8-5-4-7-20(21)24;/h4-5,7-8,19H,3,6,9-18H2,1-2H3,(H2,25,26,27);1H. The average Bonchev–Trinajstić information content (AvgIpc) is 2.82. The molecule has 2 heterocycles. The lowest BCUT2D eigenvalue weighted by atomic mass is 10.1. The predicted octanol–water partition coefficient (Wildman–Crippen LogP) is 2.74. The van der Waals surface area contributed by atoms with E-state index in [2.05, 4.69) is 27.4 Å². The smallest absolute Gasteiger partial charge is 0.409 e. The molecule has 0 spiro atoms. The van der Waals surface area contributed by atoms with Crippen molar-refractivity contribution in [1.82, 2.24) is 20.4 Å². The minimum Gasteiger partial charge on any atom is -0.453 e. The zero-order valence-corrected chi connectivity index (χ0v) is 22.1. The van der Waals surface area contributed by atoms with E-state index in [-0.39, 0.29) is 35.9 Å². The molecular formula is C23H38FIN6O2. The van der Waals surface area contributed by atoms with Crippen LogP contribution in [0.25, 0.3) is 0 Å². The van der Waals surface area contributed by atoms with Gasteiger partial charge in [0.1, 0.15) is 5.82 Å². The van der Waals surface area contributed by atoms with Gasteiger partial charge in [-0.1, -0.05) is 12.1 Å². The van der Waals surface area contributed by atoms with Crippen molar-refractivity contribution in [3.05, 3.63) is 30.1 Å². The minimum atomic E-state index is -0.251. The number of carbonyl (C=O) groups excluding carboxylic acids is 1. The third kappa shape index (κ3) is 8.47. The van der Waals surface area contributed by atoms with Crippen molar-refractivity contribution in [1.29, 1.82) is 0 Å². The Morgan fingerprint density at radius 3 is 2.48 bits per heavy atom. The first-order valence-corrected chi connectivity index (χ1v) is 11.7. The maximum absolute atomic E-state index is 14.0. The number of anilines is 1. The number of amides is 1. The predicted molar refractivity (Wildman–Crippen MR) is 141 cm³/mol.